The highest BCUT2D eigenvalue weighted by molar-refractivity contribution is 7.98. The summed E-state index contributed by atoms with van der Waals surface area (Å²) < 4.78 is 0. The van der Waals surface area contributed by atoms with Gasteiger partial charge in [0.25, 0.3) is 0 Å². The second-order valence-corrected chi connectivity index (χ2v) is 5.21. The number of nitriles is 1. The van der Waals surface area contributed by atoms with E-state index in [0.717, 1.165) is 5.56 Å². The van der Waals surface area contributed by atoms with Crippen LogP contribution in [-0.2, 0) is 4.79 Å². The number of rotatable bonds is 6. The Morgan fingerprint density at radius 3 is 2.71 bits per heavy atom. The quantitative estimate of drug-likeness (QED) is 0.694. The summed E-state index contributed by atoms with van der Waals surface area (Å²) in [5.41, 5.74) is 1.62. The van der Waals surface area contributed by atoms with Gasteiger partial charge in [0.1, 0.15) is 12.6 Å². The number of nitrogens with zero attached hydrogens (tertiary/aromatic N) is 1. The SMILES string of the molecule is CSCC(NC(=O)Nc1ccccc1C)C(=O)NCC#N. The minimum Gasteiger partial charge on any atom is -0.341 e. The van der Waals surface area contributed by atoms with Crippen LogP contribution in [0.15, 0.2) is 24.3 Å². The van der Waals surface area contributed by atoms with Crippen LogP contribution in [0.3, 0.4) is 0 Å². The van der Waals surface area contributed by atoms with E-state index in [-0.39, 0.29) is 12.5 Å². The molecule has 3 N–H and O–H groups in total. The standard InChI is InChI=1S/C14H18N4O2S/c1-10-5-3-4-6-11(10)17-14(20)18-12(9-21-2)13(19)16-8-7-15/h3-6,12H,8-9H2,1-2H3,(H,16,19)(H2,17,18,20). The lowest BCUT2D eigenvalue weighted by atomic mass is 10.2. The summed E-state index contributed by atoms with van der Waals surface area (Å²) in [5, 5.41) is 16.2. The van der Waals surface area contributed by atoms with Gasteiger partial charge in [-0.05, 0) is 24.8 Å². The second-order valence-electron chi connectivity index (χ2n) is 4.30. The Morgan fingerprint density at radius 2 is 2.10 bits per heavy atom. The van der Waals surface area contributed by atoms with Gasteiger partial charge in [-0.25, -0.2) is 4.79 Å². The van der Waals surface area contributed by atoms with Crippen molar-refractivity contribution in [2.45, 2.75) is 13.0 Å². The summed E-state index contributed by atoms with van der Waals surface area (Å²) in [6, 6.07) is 8.07. The van der Waals surface area contributed by atoms with E-state index in [2.05, 4.69) is 16.0 Å². The Kier molecular flexibility index (Phi) is 7.12. The highest BCUT2D eigenvalue weighted by Crippen LogP contribution is 2.12. The Labute approximate surface area is 128 Å². The fraction of sp³-hybridized carbons (Fsp3) is 0.357. The van der Waals surface area contributed by atoms with Crippen LogP contribution >= 0.6 is 11.8 Å². The van der Waals surface area contributed by atoms with Gasteiger partial charge in [-0.3, -0.25) is 4.79 Å². The summed E-state index contributed by atoms with van der Waals surface area (Å²) in [5.74, 6) is 0.0594. The molecule has 0 saturated carbocycles. The van der Waals surface area contributed by atoms with E-state index in [4.69, 9.17) is 5.26 Å². The number of carbonyl (C=O) groups excluding carboxylic acids is 2. The predicted molar refractivity (Wildman–Crippen MR) is 84.1 cm³/mol. The summed E-state index contributed by atoms with van der Waals surface area (Å²) >= 11 is 1.44. The number of amides is 3. The molecule has 21 heavy (non-hydrogen) atoms. The zero-order valence-electron chi connectivity index (χ0n) is 12.0. The lowest BCUT2D eigenvalue weighted by Crippen LogP contribution is -2.49. The first-order chi connectivity index (χ1) is 10.1. The molecule has 1 atom stereocenters. The van der Waals surface area contributed by atoms with Crippen LogP contribution in [0, 0.1) is 18.3 Å². The second kappa shape index (κ2) is 8.87. The summed E-state index contributed by atoms with van der Waals surface area (Å²) in [7, 11) is 0. The number of hydrogen-bond donors (Lipinski definition) is 3. The molecule has 0 aliphatic heterocycles. The van der Waals surface area contributed by atoms with Crippen LogP contribution in [0.2, 0.25) is 0 Å². The molecule has 0 heterocycles. The van der Waals surface area contributed by atoms with E-state index in [1.54, 1.807) is 6.07 Å². The van der Waals surface area contributed by atoms with Crippen molar-refractivity contribution < 1.29 is 9.59 Å². The molecule has 0 spiro atoms. The number of aryl methyl sites for hydroxylation is 1. The van der Waals surface area contributed by atoms with E-state index in [1.807, 2.05) is 37.4 Å². The number of urea groups is 1. The van der Waals surface area contributed by atoms with Crippen LogP contribution in [0.1, 0.15) is 5.56 Å². The summed E-state index contributed by atoms with van der Waals surface area (Å²) in [6.45, 7) is 1.80. The van der Waals surface area contributed by atoms with Crippen molar-refractivity contribution in [2.24, 2.45) is 0 Å². The van der Waals surface area contributed by atoms with Gasteiger partial charge in [-0.2, -0.15) is 17.0 Å². The smallest absolute Gasteiger partial charge is 0.319 e. The van der Waals surface area contributed by atoms with Gasteiger partial charge in [-0.15, -0.1) is 0 Å². The van der Waals surface area contributed by atoms with Crippen LogP contribution < -0.4 is 16.0 Å². The molecule has 3 amide bonds. The molecule has 112 valence electrons. The first-order valence-corrected chi connectivity index (χ1v) is 7.74. The van der Waals surface area contributed by atoms with Crippen LogP contribution in [-0.4, -0.2) is 36.5 Å². The summed E-state index contributed by atoms with van der Waals surface area (Å²) in [6.07, 6.45) is 1.84. The fourth-order valence-electron chi connectivity index (χ4n) is 1.63. The first-order valence-electron chi connectivity index (χ1n) is 6.35. The molecule has 0 fully saturated rings. The van der Waals surface area contributed by atoms with Crippen LogP contribution in [0.4, 0.5) is 10.5 Å². The monoisotopic (exact) mass is 306 g/mol. The molecule has 0 aliphatic rings. The largest absolute Gasteiger partial charge is 0.341 e. The Hall–Kier alpha value is -2.20. The average Bonchev–Trinajstić information content (AvgIpc) is 2.46. The molecule has 6 nitrogen and oxygen atoms in total. The number of hydrogen-bond acceptors (Lipinski definition) is 4. The molecule has 0 aromatic heterocycles. The van der Waals surface area contributed by atoms with Gasteiger partial charge in [0.05, 0.1) is 6.07 Å². The molecule has 1 aromatic carbocycles. The van der Waals surface area contributed by atoms with Crippen molar-refractivity contribution in [3.63, 3.8) is 0 Å². The van der Waals surface area contributed by atoms with Gasteiger partial charge >= 0.3 is 6.03 Å². The van der Waals surface area contributed by atoms with E-state index in [0.29, 0.717) is 11.4 Å². The molecule has 0 aliphatic carbocycles. The van der Waals surface area contributed by atoms with E-state index in [9.17, 15) is 9.59 Å². The third-order valence-corrected chi connectivity index (χ3v) is 3.36. The fourth-order valence-corrected chi connectivity index (χ4v) is 2.20. The van der Waals surface area contributed by atoms with E-state index in [1.165, 1.54) is 11.8 Å². The highest BCUT2D eigenvalue weighted by Gasteiger charge is 2.20. The van der Waals surface area contributed by atoms with Crippen LogP contribution in [0.25, 0.3) is 0 Å². The number of benzene rings is 1. The minimum atomic E-state index is -0.683. The number of carbonyl (C=O) groups is 2. The Morgan fingerprint density at radius 1 is 1.38 bits per heavy atom. The van der Waals surface area contributed by atoms with Crippen molar-refractivity contribution >= 4 is 29.4 Å². The van der Waals surface area contributed by atoms with Gasteiger partial charge in [-0.1, -0.05) is 18.2 Å². The van der Waals surface area contributed by atoms with Crippen molar-refractivity contribution in [3.8, 4) is 6.07 Å². The summed E-state index contributed by atoms with van der Waals surface area (Å²) in [4.78, 5) is 23.8. The maximum absolute atomic E-state index is 12.0. The third kappa shape index (κ3) is 5.75. The molecule has 0 saturated heterocycles. The minimum absolute atomic E-state index is 0.0786. The van der Waals surface area contributed by atoms with Crippen LogP contribution in [0.5, 0.6) is 0 Å². The number of para-hydroxylation sites is 1. The number of nitrogens with one attached hydrogen (secondary N) is 3. The van der Waals surface area contributed by atoms with Gasteiger partial charge in [0, 0.05) is 11.4 Å². The van der Waals surface area contributed by atoms with Gasteiger partial charge in [0.15, 0.2) is 0 Å². The molecule has 0 bridgehead atoms. The van der Waals surface area contributed by atoms with E-state index < -0.39 is 12.1 Å². The maximum Gasteiger partial charge on any atom is 0.319 e. The molecule has 7 heteroatoms. The molecule has 1 rings (SSSR count). The first kappa shape index (κ1) is 16.9. The van der Waals surface area contributed by atoms with Crippen molar-refractivity contribution in [2.75, 3.05) is 23.9 Å². The third-order valence-electron chi connectivity index (χ3n) is 2.69. The average molecular weight is 306 g/mol. The maximum atomic E-state index is 12.0. The zero-order chi connectivity index (χ0) is 15.7. The molecular weight excluding hydrogens is 288 g/mol. The highest BCUT2D eigenvalue weighted by atomic mass is 32.2. The Balaban J connectivity index is 2.62. The van der Waals surface area contributed by atoms with Crippen molar-refractivity contribution in [3.05, 3.63) is 29.8 Å². The molecule has 1 unspecified atom stereocenters. The van der Waals surface area contributed by atoms with E-state index >= 15 is 0 Å². The molecular formula is C14H18N4O2S. The topological polar surface area (TPSA) is 94.0 Å². The number of anilines is 1. The van der Waals surface area contributed by atoms with Gasteiger partial charge < -0.3 is 16.0 Å². The van der Waals surface area contributed by atoms with Crippen molar-refractivity contribution in [1.82, 2.24) is 10.6 Å². The molecule has 1 aromatic rings. The lowest BCUT2D eigenvalue weighted by Gasteiger charge is -2.17. The number of thioether (sulfide) groups is 1. The predicted octanol–water partition coefficient (Wildman–Crippen LogP) is 1.49. The molecule has 0 radical (unpaired) electrons. The lowest BCUT2D eigenvalue weighted by molar-refractivity contribution is -0.122. The van der Waals surface area contributed by atoms with Gasteiger partial charge in [0.2, 0.25) is 5.91 Å². The zero-order valence-corrected chi connectivity index (χ0v) is 12.8. The normalized spacial score (nSPS) is 11.1. The Bertz CT molecular complexity index is 542. The van der Waals surface area contributed by atoms with Crippen molar-refractivity contribution in [1.29, 1.82) is 5.26 Å².